The number of pyridine rings is 1. The van der Waals surface area contributed by atoms with Crippen LogP contribution in [0.3, 0.4) is 0 Å². The summed E-state index contributed by atoms with van der Waals surface area (Å²) in [5.41, 5.74) is 0.393. The Morgan fingerprint density at radius 2 is 1.81 bits per heavy atom. The van der Waals surface area contributed by atoms with Crippen LogP contribution < -0.4 is 5.32 Å². The van der Waals surface area contributed by atoms with Gasteiger partial charge in [0.1, 0.15) is 11.5 Å². The number of anilines is 2. The van der Waals surface area contributed by atoms with E-state index in [9.17, 15) is 9.59 Å². The number of carbonyl (C=O) groups excluding carboxylic acids is 2. The van der Waals surface area contributed by atoms with Gasteiger partial charge in [0.2, 0.25) is 0 Å². The van der Waals surface area contributed by atoms with Gasteiger partial charge in [-0.15, -0.1) is 11.3 Å². The van der Waals surface area contributed by atoms with Crippen LogP contribution in [0, 0.1) is 0 Å². The van der Waals surface area contributed by atoms with Crippen LogP contribution in [0.5, 0.6) is 0 Å². The first-order valence-corrected chi connectivity index (χ1v) is 9.34. The smallest absolute Gasteiger partial charge is 0.289 e. The Hall–Kier alpha value is -3.20. The van der Waals surface area contributed by atoms with E-state index in [0.717, 1.165) is 0 Å². The van der Waals surface area contributed by atoms with Gasteiger partial charge in [-0.05, 0) is 24.3 Å². The summed E-state index contributed by atoms with van der Waals surface area (Å²) >= 11 is 1.35. The Morgan fingerprint density at radius 3 is 2.48 bits per heavy atom. The number of hydrogen-bond acceptors (Lipinski definition) is 7. The molecule has 3 aromatic rings. The lowest BCUT2D eigenvalue weighted by molar-refractivity contribution is 0.0515. The zero-order valence-corrected chi connectivity index (χ0v) is 15.2. The van der Waals surface area contributed by atoms with Gasteiger partial charge in [0, 0.05) is 37.8 Å². The predicted molar refractivity (Wildman–Crippen MR) is 100 cm³/mol. The third kappa shape index (κ3) is 3.82. The average Bonchev–Trinajstić information content (AvgIpc) is 3.40. The number of hydrogen-bond donors (Lipinski definition) is 1. The molecular weight excluding hydrogens is 366 g/mol. The molecule has 0 bridgehead atoms. The third-order valence-electron chi connectivity index (χ3n) is 4.21. The van der Waals surface area contributed by atoms with Crippen LogP contribution in [-0.2, 0) is 0 Å². The molecule has 9 heteroatoms. The first kappa shape index (κ1) is 17.2. The Balaban J connectivity index is 1.35. The quantitative estimate of drug-likeness (QED) is 0.744. The van der Waals surface area contributed by atoms with Gasteiger partial charge >= 0.3 is 0 Å². The molecule has 1 aliphatic rings. The molecular formula is C18H17N5O3S. The van der Waals surface area contributed by atoms with E-state index in [-0.39, 0.29) is 11.8 Å². The van der Waals surface area contributed by atoms with Gasteiger partial charge in [-0.1, -0.05) is 6.07 Å². The lowest BCUT2D eigenvalue weighted by Crippen LogP contribution is -2.50. The summed E-state index contributed by atoms with van der Waals surface area (Å²) in [6, 6.07) is 8.87. The molecule has 138 valence electrons. The predicted octanol–water partition coefficient (Wildman–Crippen LogP) is 2.47. The van der Waals surface area contributed by atoms with Crippen LogP contribution in [0.2, 0.25) is 0 Å². The van der Waals surface area contributed by atoms with Gasteiger partial charge in [0.25, 0.3) is 11.8 Å². The Morgan fingerprint density at radius 1 is 1.04 bits per heavy atom. The van der Waals surface area contributed by atoms with E-state index in [1.807, 2.05) is 18.2 Å². The molecule has 1 aliphatic heterocycles. The molecule has 1 saturated heterocycles. The highest BCUT2D eigenvalue weighted by Gasteiger charge is 2.27. The molecule has 0 unspecified atom stereocenters. The molecule has 3 aromatic heterocycles. The maximum atomic E-state index is 12.7. The van der Waals surface area contributed by atoms with Crippen molar-refractivity contribution in [3.05, 3.63) is 59.6 Å². The van der Waals surface area contributed by atoms with Crippen molar-refractivity contribution in [1.82, 2.24) is 19.8 Å². The molecule has 0 aromatic carbocycles. The van der Waals surface area contributed by atoms with Crippen molar-refractivity contribution in [3.8, 4) is 0 Å². The van der Waals surface area contributed by atoms with E-state index >= 15 is 0 Å². The number of nitrogens with one attached hydrogen (secondary N) is 1. The maximum Gasteiger partial charge on any atom is 0.289 e. The fraction of sp³-hybridized carbons (Fsp3) is 0.222. The molecule has 0 aliphatic carbocycles. The zero-order chi connectivity index (χ0) is 18.6. The zero-order valence-electron chi connectivity index (χ0n) is 14.4. The third-order valence-corrected chi connectivity index (χ3v) is 4.97. The minimum absolute atomic E-state index is 0.134. The molecule has 4 heterocycles. The van der Waals surface area contributed by atoms with Gasteiger partial charge in [0.15, 0.2) is 10.9 Å². The fourth-order valence-corrected chi connectivity index (χ4v) is 3.50. The highest BCUT2D eigenvalue weighted by molar-refractivity contribution is 7.14. The second-order valence-electron chi connectivity index (χ2n) is 5.94. The number of carbonyl (C=O) groups is 2. The number of nitrogens with zero attached hydrogens (tertiary/aromatic N) is 4. The molecule has 0 radical (unpaired) electrons. The molecule has 4 rings (SSSR count). The molecule has 1 fully saturated rings. The van der Waals surface area contributed by atoms with Gasteiger partial charge in [-0.25, -0.2) is 9.97 Å². The van der Waals surface area contributed by atoms with Crippen LogP contribution in [0.25, 0.3) is 0 Å². The number of piperazine rings is 1. The summed E-state index contributed by atoms with van der Waals surface area (Å²) in [4.78, 5) is 36.9. The van der Waals surface area contributed by atoms with Crippen molar-refractivity contribution in [2.75, 3.05) is 31.5 Å². The van der Waals surface area contributed by atoms with Crippen molar-refractivity contribution in [2.45, 2.75) is 0 Å². The van der Waals surface area contributed by atoms with E-state index < -0.39 is 0 Å². The van der Waals surface area contributed by atoms with E-state index in [0.29, 0.717) is 48.6 Å². The summed E-state index contributed by atoms with van der Waals surface area (Å²) in [5, 5.41) is 5.43. The lowest BCUT2D eigenvalue weighted by Gasteiger charge is -2.33. The standard InChI is InChI=1S/C18H17N5O3S/c24-16(13-12-27-18(20-13)21-15-5-1-2-6-19-15)22-7-9-23(10-8-22)17(25)14-4-3-11-26-14/h1-6,11-12H,7-10H2,(H,19,20,21). The van der Waals surface area contributed by atoms with Crippen LogP contribution >= 0.6 is 11.3 Å². The molecule has 0 saturated carbocycles. The molecule has 0 spiro atoms. The summed E-state index contributed by atoms with van der Waals surface area (Å²) in [7, 11) is 0. The highest BCUT2D eigenvalue weighted by atomic mass is 32.1. The molecule has 0 atom stereocenters. The SMILES string of the molecule is O=C(c1csc(Nc2ccccn2)n1)N1CCN(C(=O)c2ccco2)CC1. The van der Waals surface area contributed by atoms with Gasteiger partial charge in [-0.2, -0.15) is 0 Å². The Kier molecular flexibility index (Phi) is 4.84. The first-order valence-electron chi connectivity index (χ1n) is 8.46. The minimum atomic E-state index is -0.150. The Bertz CT molecular complexity index is 918. The van der Waals surface area contributed by atoms with Crippen molar-refractivity contribution >= 4 is 34.1 Å². The second kappa shape index (κ2) is 7.58. The van der Waals surface area contributed by atoms with E-state index in [2.05, 4.69) is 15.3 Å². The molecule has 1 N–H and O–H groups in total. The monoisotopic (exact) mass is 383 g/mol. The van der Waals surface area contributed by atoms with E-state index in [1.165, 1.54) is 17.6 Å². The van der Waals surface area contributed by atoms with Gasteiger partial charge in [-0.3, -0.25) is 9.59 Å². The summed E-state index contributed by atoms with van der Waals surface area (Å²) in [6.45, 7) is 1.86. The Labute approximate surface area is 159 Å². The minimum Gasteiger partial charge on any atom is -0.459 e. The summed E-state index contributed by atoms with van der Waals surface area (Å²) < 4.78 is 5.15. The largest absolute Gasteiger partial charge is 0.459 e. The van der Waals surface area contributed by atoms with Crippen LogP contribution in [0.1, 0.15) is 21.0 Å². The molecule has 8 nitrogen and oxygen atoms in total. The molecule has 27 heavy (non-hydrogen) atoms. The van der Waals surface area contributed by atoms with Crippen LogP contribution in [0.4, 0.5) is 10.9 Å². The number of furan rings is 1. The summed E-state index contributed by atoms with van der Waals surface area (Å²) in [6.07, 6.45) is 3.16. The first-order chi connectivity index (χ1) is 13.2. The average molecular weight is 383 g/mol. The molecule has 2 amide bonds. The number of thiazole rings is 1. The van der Waals surface area contributed by atoms with Crippen molar-refractivity contribution in [1.29, 1.82) is 0 Å². The fourth-order valence-electron chi connectivity index (χ4n) is 2.81. The van der Waals surface area contributed by atoms with Crippen LogP contribution in [0.15, 0.2) is 52.6 Å². The number of aromatic nitrogens is 2. The van der Waals surface area contributed by atoms with Gasteiger partial charge in [0.05, 0.1) is 6.26 Å². The van der Waals surface area contributed by atoms with Crippen molar-refractivity contribution in [2.24, 2.45) is 0 Å². The maximum absolute atomic E-state index is 12.7. The van der Waals surface area contributed by atoms with Crippen molar-refractivity contribution < 1.29 is 14.0 Å². The van der Waals surface area contributed by atoms with Gasteiger partial charge < -0.3 is 19.5 Å². The van der Waals surface area contributed by atoms with E-state index in [4.69, 9.17) is 4.42 Å². The van der Waals surface area contributed by atoms with E-state index in [1.54, 1.807) is 33.5 Å². The van der Waals surface area contributed by atoms with Crippen molar-refractivity contribution in [3.63, 3.8) is 0 Å². The summed E-state index contributed by atoms with van der Waals surface area (Å²) in [5.74, 6) is 0.712. The van der Waals surface area contributed by atoms with Crippen LogP contribution in [-0.4, -0.2) is 57.8 Å². The number of rotatable bonds is 4. The second-order valence-corrected chi connectivity index (χ2v) is 6.80. The topological polar surface area (TPSA) is 91.6 Å². The normalized spacial score (nSPS) is 14.2. The number of amides is 2. The lowest BCUT2D eigenvalue weighted by atomic mass is 10.2. The highest BCUT2D eigenvalue weighted by Crippen LogP contribution is 2.21.